The third kappa shape index (κ3) is 4.45. The molecule has 6 nitrogen and oxygen atoms in total. The van der Waals surface area contributed by atoms with E-state index in [-0.39, 0.29) is 0 Å². The molecule has 156 valence electrons. The minimum atomic E-state index is -1.13. The van der Waals surface area contributed by atoms with E-state index in [4.69, 9.17) is 0 Å². The lowest BCUT2D eigenvalue weighted by Gasteiger charge is -2.43. The number of rotatable bonds is 7. The Bertz CT molecular complexity index is 957. The van der Waals surface area contributed by atoms with Crippen LogP contribution in [0.4, 0.5) is 0 Å². The fourth-order valence-electron chi connectivity index (χ4n) is 4.26. The minimum Gasteiger partial charge on any atom is -0.481 e. The highest BCUT2D eigenvalue weighted by Gasteiger charge is 2.48. The van der Waals surface area contributed by atoms with Crippen LogP contribution in [0.15, 0.2) is 73.1 Å². The second-order valence-corrected chi connectivity index (χ2v) is 8.14. The number of benzene rings is 2. The van der Waals surface area contributed by atoms with Gasteiger partial charge in [-0.05, 0) is 42.1 Å². The molecule has 0 amide bonds. The molecule has 2 N–H and O–H groups in total. The Kier molecular flexibility index (Phi) is 5.97. The highest BCUT2D eigenvalue weighted by atomic mass is 16.4. The average molecular weight is 405 g/mol. The second kappa shape index (κ2) is 8.81. The fraction of sp³-hybridized carbons (Fsp3) is 0.333. The summed E-state index contributed by atoms with van der Waals surface area (Å²) < 4.78 is 1.88. The first-order chi connectivity index (χ1) is 14.5. The standard InChI is InChI=1S/C24H27N3O3/c28-22-18-26(14-11-24(22,23(29)30)15-19-5-2-1-3-6-19)16-20-7-9-21(10-8-20)17-27-13-4-12-25-27/h1-10,12-13,22,28H,11,14-18H2,(H,29,30)/t22?,24-/m1/s1. The van der Waals surface area contributed by atoms with Crippen molar-refractivity contribution in [3.63, 3.8) is 0 Å². The number of nitrogens with zero attached hydrogens (tertiary/aromatic N) is 3. The highest BCUT2D eigenvalue weighted by molar-refractivity contribution is 5.76. The van der Waals surface area contributed by atoms with Gasteiger partial charge >= 0.3 is 5.97 Å². The van der Waals surface area contributed by atoms with E-state index < -0.39 is 17.5 Å². The maximum atomic E-state index is 12.1. The molecule has 2 heterocycles. The predicted molar refractivity (Wildman–Crippen MR) is 114 cm³/mol. The Morgan fingerprint density at radius 1 is 1.00 bits per heavy atom. The number of carboxylic acid groups (broad SMARTS) is 1. The molecule has 30 heavy (non-hydrogen) atoms. The van der Waals surface area contributed by atoms with Crippen molar-refractivity contribution in [1.82, 2.24) is 14.7 Å². The van der Waals surface area contributed by atoms with Gasteiger partial charge in [0.2, 0.25) is 0 Å². The first-order valence-corrected chi connectivity index (χ1v) is 10.3. The Labute approximate surface area is 176 Å². The summed E-state index contributed by atoms with van der Waals surface area (Å²) in [6.45, 7) is 2.43. The zero-order chi connectivity index (χ0) is 21.0. The van der Waals surface area contributed by atoms with Crippen molar-refractivity contribution in [2.24, 2.45) is 5.41 Å². The van der Waals surface area contributed by atoms with Crippen molar-refractivity contribution >= 4 is 5.97 Å². The van der Waals surface area contributed by atoms with Crippen LogP contribution in [0.1, 0.15) is 23.1 Å². The quantitative estimate of drug-likeness (QED) is 0.632. The van der Waals surface area contributed by atoms with E-state index in [1.165, 1.54) is 5.56 Å². The summed E-state index contributed by atoms with van der Waals surface area (Å²) in [6, 6.07) is 19.8. The summed E-state index contributed by atoms with van der Waals surface area (Å²) in [5, 5.41) is 25.0. The molecule has 3 aromatic rings. The topological polar surface area (TPSA) is 78.6 Å². The summed E-state index contributed by atoms with van der Waals surface area (Å²) in [7, 11) is 0. The third-order valence-corrected chi connectivity index (χ3v) is 6.06. The maximum Gasteiger partial charge on any atom is 0.312 e. The number of aliphatic carboxylic acids is 1. The van der Waals surface area contributed by atoms with Crippen LogP contribution in [-0.4, -0.2) is 50.1 Å². The maximum absolute atomic E-state index is 12.1. The molecule has 1 aliphatic heterocycles. The number of piperidine rings is 1. The molecule has 1 aliphatic rings. The van der Waals surface area contributed by atoms with Crippen LogP contribution in [-0.2, 0) is 24.3 Å². The van der Waals surface area contributed by atoms with Gasteiger partial charge < -0.3 is 10.2 Å². The van der Waals surface area contributed by atoms with Crippen LogP contribution in [0.3, 0.4) is 0 Å². The molecule has 1 fully saturated rings. The van der Waals surface area contributed by atoms with Gasteiger partial charge in [-0.2, -0.15) is 5.10 Å². The van der Waals surface area contributed by atoms with Gasteiger partial charge in [-0.1, -0.05) is 54.6 Å². The molecule has 4 rings (SSSR count). The van der Waals surface area contributed by atoms with Crippen LogP contribution in [0.25, 0.3) is 0 Å². The average Bonchev–Trinajstić information content (AvgIpc) is 3.25. The van der Waals surface area contributed by atoms with E-state index in [0.29, 0.717) is 32.5 Å². The molecule has 0 spiro atoms. The molecule has 1 saturated heterocycles. The van der Waals surface area contributed by atoms with E-state index in [1.807, 2.05) is 47.3 Å². The van der Waals surface area contributed by atoms with Gasteiger partial charge in [0.1, 0.15) is 5.41 Å². The number of hydrogen-bond donors (Lipinski definition) is 2. The zero-order valence-electron chi connectivity index (χ0n) is 16.9. The minimum absolute atomic E-state index is 0.348. The monoisotopic (exact) mass is 405 g/mol. The van der Waals surface area contributed by atoms with Gasteiger partial charge in [0.25, 0.3) is 0 Å². The Balaban J connectivity index is 1.39. The number of aromatic nitrogens is 2. The summed E-state index contributed by atoms with van der Waals surface area (Å²) >= 11 is 0. The summed E-state index contributed by atoms with van der Waals surface area (Å²) in [5.41, 5.74) is 2.14. The number of carboxylic acids is 1. The first kappa shape index (κ1) is 20.3. The Morgan fingerprint density at radius 3 is 2.30 bits per heavy atom. The van der Waals surface area contributed by atoms with E-state index in [0.717, 1.165) is 17.7 Å². The van der Waals surface area contributed by atoms with Crippen LogP contribution >= 0.6 is 0 Å². The Hall–Kier alpha value is -2.96. The molecular formula is C24H27N3O3. The molecule has 6 heteroatoms. The summed E-state index contributed by atoms with van der Waals surface area (Å²) in [6.07, 6.45) is 3.57. The molecule has 0 radical (unpaired) electrons. The SMILES string of the molecule is O=C(O)[C@@]1(Cc2ccccc2)CCN(Cc2ccc(Cn3cccn3)cc2)CC1O. The lowest BCUT2D eigenvalue weighted by atomic mass is 9.71. The highest BCUT2D eigenvalue weighted by Crippen LogP contribution is 2.36. The molecule has 1 unspecified atom stereocenters. The summed E-state index contributed by atoms with van der Waals surface area (Å²) in [4.78, 5) is 14.3. The van der Waals surface area contributed by atoms with Gasteiger partial charge in [-0.25, -0.2) is 0 Å². The number of likely N-dealkylation sites (tertiary alicyclic amines) is 1. The van der Waals surface area contributed by atoms with Crippen molar-refractivity contribution in [2.45, 2.75) is 32.0 Å². The summed E-state index contributed by atoms with van der Waals surface area (Å²) in [5.74, 6) is -0.915. The van der Waals surface area contributed by atoms with Crippen molar-refractivity contribution in [1.29, 1.82) is 0 Å². The predicted octanol–water partition coefficient (Wildman–Crippen LogP) is 2.81. The molecule has 0 saturated carbocycles. The van der Waals surface area contributed by atoms with Crippen molar-refractivity contribution in [2.75, 3.05) is 13.1 Å². The van der Waals surface area contributed by atoms with Crippen LogP contribution in [0.2, 0.25) is 0 Å². The largest absolute Gasteiger partial charge is 0.481 e. The van der Waals surface area contributed by atoms with Crippen LogP contribution in [0.5, 0.6) is 0 Å². The number of aliphatic hydroxyl groups is 1. The number of aliphatic hydroxyl groups excluding tert-OH is 1. The first-order valence-electron chi connectivity index (χ1n) is 10.3. The van der Waals surface area contributed by atoms with Crippen molar-refractivity contribution < 1.29 is 15.0 Å². The molecule has 2 aromatic carbocycles. The van der Waals surface area contributed by atoms with E-state index in [9.17, 15) is 15.0 Å². The van der Waals surface area contributed by atoms with E-state index in [1.54, 1.807) is 6.20 Å². The Morgan fingerprint density at radius 2 is 1.70 bits per heavy atom. The third-order valence-electron chi connectivity index (χ3n) is 6.06. The normalized spacial score (nSPS) is 22.1. The van der Waals surface area contributed by atoms with E-state index in [2.05, 4.69) is 34.3 Å². The second-order valence-electron chi connectivity index (χ2n) is 8.14. The smallest absolute Gasteiger partial charge is 0.312 e. The molecule has 0 bridgehead atoms. The van der Waals surface area contributed by atoms with Gasteiger partial charge in [-0.15, -0.1) is 0 Å². The van der Waals surface area contributed by atoms with Crippen molar-refractivity contribution in [3.05, 3.63) is 89.7 Å². The van der Waals surface area contributed by atoms with Gasteiger partial charge in [0, 0.05) is 25.5 Å². The van der Waals surface area contributed by atoms with Gasteiger partial charge in [0.15, 0.2) is 0 Å². The molecule has 0 aliphatic carbocycles. The molecule has 1 aromatic heterocycles. The number of β-amino-alcohol motifs (C(OH)–C–C–N with tert-alkyl or cyclic N) is 1. The fourth-order valence-corrected chi connectivity index (χ4v) is 4.26. The van der Waals surface area contributed by atoms with Crippen LogP contribution in [0, 0.1) is 5.41 Å². The lowest BCUT2D eigenvalue weighted by molar-refractivity contribution is -0.163. The lowest BCUT2D eigenvalue weighted by Crippen LogP contribution is -2.55. The van der Waals surface area contributed by atoms with Crippen LogP contribution < -0.4 is 0 Å². The zero-order valence-corrected chi connectivity index (χ0v) is 16.9. The van der Waals surface area contributed by atoms with Crippen molar-refractivity contribution in [3.8, 4) is 0 Å². The van der Waals surface area contributed by atoms with Gasteiger partial charge in [-0.3, -0.25) is 14.4 Å². The van der Waals surface area contributed by atoms with Gasteiger partial charge in [0.05, 0.1) is 12.6 Å². The number of carbonyl (C=O) groups is 1. The number of hydrogen-bond acceptors (Lipinski definition) is 4. The molecular weight excluding hydrogens is 378 g/mol. The van der Waals surface area contributed by atoms with E-state index >= 15 is 0 Å². The molecule has 2 atom stereocenters.